The van der Waals surface area contributed by atoms with Gasteiger partial charge in [0.05, 0.1) is 6.54 Å². The van der Waals surface area contributed by atoms with Gasteiger partial charge in [0.1, 0.15) is 11.5 Å². The zero-order valence-electron chi connectivity index (χ0n) is 17.0. The van der Waals surface area contributed by atoms with E-state index in [2.05, 4.69) is 5.10 Å². The van der Waals surface area contributed by atoms with E-state index < -0.39 is 15.5 Å². The summed E-state index contributed by atoms with van der Waals surface area (Å²) in [6, 6.07) is 22.2. The van der Waals surface area contributed by atoms with Gasteiger partial charge in [-0.3, -0.25) is 9.73 Å². The molecule has 0 radical (unpaired) electrons. The van der Waals surface area contributed by atoms with Crippen molar-refractivity contribution in [2.75, 3.05) is 11.5 Å². The lowest BCUT2D eigenvalue weighted by Crippen LogP contribution is -2.29. The quantitative estimate of drug-likeness (QED) is 0.524. The highest BCUT2D eigenvalue weighted by Crippen LogP contribution is 2.26. The highest BCUT2D eigenvalue weighted by Gasteiger charge is 2.46. The number of ether oxygens (including phenoxy) is 2. The van der Waals surface area contributed by atoms with Crippen molar-refractivity contribution < 1.29 is 31.1 Å². The van der Waals surface area contributed by atoms with Gasteiger partial charge < -0.3 is 9.47 Å². The van der Waals surface area contributed by atoms with Crippen LogP contribution in [0.2, 0.25) is 0 Å². The molecule has 172 valence electrons. The van der Waals surface area contributed by atoms with Crippen molar-refractivity contribution in [3.05, 3.63) is 90.0 Å². The third-order valence-corrected chi connectivity index (χ3v) is 5.63. The molecular formula is C22H18F3N3O4S. The van der Waals surface area contributed by atoms with Gasteiger partial charge in [-0.25, -0.2) is 0 Å². The van der Waals surface area contributed by atoms with Gasteiger partial charge in [0.15, 0.2) is 6.73 Å². The molecule has 0 saturated heterocycles. The van der Waals surface area contributed by atoms with E-state index in [0.717, 1.165) is 11.3 Å². The molecule has 0 unspecified atom stereocenters. The van der Waals surface area contributed by atoms with Crippen molar-refractivity contribution in [3.8, 4) is 11.5 Å². The summed E-state index contributed by atoms with van der Waals surface area (Å²) in [7, 11) is -5.52. The lowest BCUT2D eigenvalue weighted by atomic mass is 10.2. The zero-order valence-corrected chi connectivity index (χ0v) is 17.8. The Labute approximate surface area is 188 Å². The Morgan fingerprint density at radius 3 is 2.36 bits per heavy atom. The van der Waals surface area contributed by atoms with Crippen LogP contribution in [0.5, 0.6) is 11.5 Å². The number of benzene rings is 3. The number of alkyl halides is 3. The lowest BCUT2D eigenvalue weighted by molar-refractivity contribution is -0.0429. The van der Waals surface area contributed by atoms with Crippen molar-refractivity contribution in [1.29, 1.82) is 0 Å². The van der Waals surface area contributed by atoms with Gasteiger partial charge in [-0.1, -0.05) is 36.4 Å². The van der Waals surface area contributed by atoms with E-state index in [0.29, 0.717) is 17.9 Å². The molecule has 0 aromatic heterocycles. The second kappa shape index (κ2) is 9.02. The van der Waals surface area contributed by atoms with Crippen molar-refractivity contribution in [3.63, 3.8) is 0 Å². The smallest absolute Gasteiger partial charge is 0.457 e. The lowest BCUT2D eigenvalue weighted by Gasteiger charge is -2.12. The molecule has 33 heavy (non-hydrogen) atoms. The first-order chi connectivity index (χ1) is 15.7. The number of halogens is 3. The Morgan fingerprint density at radius 2 is 1.67 bits per heavy atom. The molecule has 0 aliphatic carbocycles. The molecule has 11 heteroatoms. The van der Waals surface area contributed by atoms with E-state index in [-0.39, 0.29) is 18.3 Å². The molecular weight excluding hydrogens is 459 g/mol. The number of nitrogens with zero attached hydrogens (tertiary/aromatic N) is 2. The van der Waals surface area contributed by atoms with Crippen LogP contribution in [0, 0.1) is 0 Å². The molecule has 0 spiro atoms. The first kappa shape index (κ1) is 22.5. The van der Waals surface area contributed by atoms with Gasteiger partial charge >= 0.3 is 15.5 Å². The predicted octanol–water partition coefficient (Wildman–Crippen LogP) is 4.89. The van der Waals surface area contributed by atoms with Crippen LogP contribution in [0.4, 0.5) is 18.9 Å². The second-order valence-corrected chi connectivity index (χ2v) is 8.71. The molecule has 0 fully saturated rings. The molecule has 0 amide bonds. The van der Waals surface area contributed by atoms with Crippen LogP contribution in [-0.2, 0) is 21.3 Å². The summed E-state index contributed by atoms with van der Waals surface area (Å²) >= 11 is 0. The van der Waals surface area contributed by atoms with Gasteiger partial charge in [-0.15, -0.1) is 5.10 Å². The normalized spacial score (nSPS) is 13.9. The van der Waals surface area contributed by atoms with Gasteiger partial charge in [0, 0.05) is 11.3 Å². The summed E-state index contributed by atoms with van der Waals surface area (Å²) in [5.41, 5.74) is -4.38. The first-order valence-electron chi connectivity index (χ1n) is 9.67. The topological polar surface area (TPSA) is 80.2 Å². The number of anilines is 1. The van der Waals surface area contributed by atoms with Crippen LogP contribution < -0.4 is 9.46 Å². The molecule has 0 atom stereocenters. The number of hydrazone groups is 1. The summed E-state index contributed by atoms with van der Waals surface area (Å²) in [5.74, 6) is 1.59. The SMILES string of the molecule is O=S(=O)(Nc1cccc(C2=NN(Cc3ccc(Oc4ccccc4)cc3)CO2)c1)C(F)(F)F. The summed E-state index contributed by atoms with van der Waals surface area (Å²) in [5, 5.41) is 5.96. The van der Waals surface area contributed by atoms with Crippen LogP contribution in [-0.4, -0.2) is 31.6 Å². The third-order valence-electron chi connectivity index (χ3n) is 4.52. The standard InChI is InChI=1S/C22H18F3N3O4S/c23-22(24,25)33(29,30)27-18-6-4-5-17(13-18)21-26-28(15-31-21)14-16-9-11-20(12-10-16)32-19-7-2-1-3-8-19/h1-13,27H,14-15H2. The summed E-state index contributed by atoms with van der Waals surface area (Å²) < 4.78 is 73.2. The minimum absolute atomic E-state index is 0.135. The molecule has 1 aliphatic heterocycles. The van der Waals surface area contributed by atoms with Crippen LogP contribution in [0.1, 0.15) is 11.1 Å². The van der Waals surface area contributed by atoms with Crippen LogP contribution >= 0.6 is 0 Å². The maximum atomic E-state index is 12.6. The van der Waals surface area contributed by atoms with Crippen molar-refractivity contribution in [2.24, 2.45) is 5.10 Å². The van der Waals surface area contributed by atoms with E-state index in [1.807, 2.05) is 54.6 Å². The third kappa shape index (κ3) is 5.55. The molecule has 1 N–H and O–H groups in total. The Hall–Kier alpha value is -3.73. The van der Waals surface area contributed by atoms with Crippen molar-refractivity contribution >= 4 is 21.6 Å². The molecule has 3 aromatic rings. The fourth-order valence-electron chi connectivity index (χ4n) is 2.97. The zero-order chi connectivity index (χ0) is 23.5. The maximum absolute atomic E-state index is 12.6. The number of para-hydroxylation sites is 1. The van der Waals surface area contributed by atoms with Crippen molar-refractivity contribution in [2.45, 2.75) is 12.1 Å². The predicted molar refractivity (Wildman–Crippen MR) is 116 cm³/mol. The minimum Gasteiger partial charge on any atom is -0.457 e. The largest absolute Gasteiger partial charge is 0.516 e. The second-order valence-electron chi connectivity index (χ2n) is 7.03. The maximum Gasteiger partial charge on any atom is 0.516 e. The fourth-order valence-corrected chi connectivity index (χ4v) is 3.52. The fraction of sp³-hybridized carbons (Fsp3) is 0.136. The molecule has 0 saturated carbocycles. The highest BCUT2D eigenvalue weighted by atomic mass is 32.2. The van der Waals surface area contributed by atoms with Gasteiger partial charge in [0.2, 0.25) is 5.90 Å². The van der Waals surface area contributed by atoms with Crippen molar-refractivity contribution in [1.82, 2.24) is 5.01 Å². The van der Waals surface area contributed by atoms with Crippen LogP contribution in [0.25, 0.3) is 0 Å². The van der Waals surface area contributed by atoms with E-state index >= 15 is 0 Å². The van der Waals surface area contributed by atoms with Gasteiger partial charge in [-0.2, -0.15) is 21.6 Å². The Balaban J connectivity index is 1.40. The number of hydrogen-bond donors (Lipinski definition) is 1. The molecule has 1 aliphatic rings. The van der Waals surface area contributed by atoms with E-state index in [4.69, 9.17) is 9.47 Å². The molecule has 0 bridgehead atoms. The Kier molecular flexibility index (Phi) is 6.14. The van der Waals surface area contributed by atoms with E-state index in [9.17, 15) is 21.6 Å². The Morgan fingerprint density at radius 1 is 0.970 bits per heavy atom. The van der Waals surface area contributed by atoms with Gasteiger partial charge in [-0.05, 0) is 48.0 Å². The van der Waals surface area contributed by atoms with Crippen LogP contribution in [0.3, 0.4) is 0 Å². The minimum atomic E-state index is -5.52. The summed E-state index contributed by atoms with van der Waals surface area (Å²) in [4.78, 5) is 0. The molecule has 1 heterocycles. The molecule has 3 aromatic carbocycles. The first-order valence-corrected chi connectivity index (χ1v) is 11.2. The molecule has 4 rings (SSSR count). The number of nitrogens with one attached hydrogen (secondary N) is 1. The summed E-state index contributed by atoms with van der Waals surface area (Å²) in [6.07, 6.45) is 0. The summed E-state index contributed by atoms with van der Waals surface area (Å²) in [6.45, 7) is 0.561. The number of rotatable bonds is 7. The average Bonchev–Trinajstić information content (AvgIpc) is 3.24. The monoisotopic (exact) mass is 477 g/mol. The van der Waals surface area contributed by atoms with Gasteiger partial charge in [0.25, 0.3) is 0 Å². The van der Waals surface area contributed by atoms with E-state index in [1.54, 1.807) is 11.1 Å². The van der Waals surface area contributed by atoms with E-state index in [1.165, 1.54) is 22.9 Å². The van der Waals surface area contributed by atoms with Crippen LogP contribution in [0.15, 0.2) is 84.0 Å². The Bertz CT molecular complexity index is 1250. The highest BCUT2D eigenvalue weighted by molar-refractivity contribution is 7.93. The molecule has 7 nitrogen and oxygen atoms in total. The average molecular weight is 477 g/mol. The number of hydrogen-bond acceptors (Lipinski definition) is 6. The number of sulfonamides is 1.